The first-order chi connectivity index (χ1) is 6.75. The van der Waals surface area contributed by atoms with Crippen molar-refractivity contribution in [3.05, 3.63) is 16.4 Å². The molecule has 5 heteroatoms. The maximum atomic E-state index is 11.0. The van der Waals surface area contributed by atoms with E-state index in [4.69, 9.17) is 16.7 Å². The van der Waals surface area contributed by atoms with Gasteiger partial charge in [0.05, 0.1) is 11.1 Å². The third-order valence-corrected chi connectivity index (χ3v) is 2.94. The fourth-order valence-electron chi connectivity index (χ4n) is 1.39. The molecule has 1 rings (SSSR count). The molecule has 0 aliphatic heterocycles. The van der Waals surface area contributed by atoms with E-state index in [2.05, 4.69) is 5.10 Å². The summed E-state index contributed by atoms with van der Waals surface area (Å²) in [6.07, 6.45) is 0.390. The lowest BCUT2D eigenvalue weighted by Gasteiger charge is -2.18. The van der Waals surface area contributed by atoms with Gasteiger partial charge in [-0.1, -0.05) is 11.6 Å². The van der Waals surface area contributed by atoms with Crippen molar-refractivity contribution < 1.29 is 9.90 Å². The number of nitrogens with zero attached hydrogens (tertiary/aromatic N) is 2. The number of rotatable bonds is 3. The molecule has 0 bridgehead atoms. The van der Waals surface area contributed by atoms with Crippen molar-refractivity contribution in [1.29, 1.82) is 0 Å². The molecule has 0 aliphatic carbocycles. The topological polar surface area (TPSA) is 55.1 Å². The summed E-state index contributed by atoms with van der Waals surface area (Å²) < 4.78 is 1.56. The number of hydrogen-bond acceptors (Lipinski definition) is 2. The van der Waals surface area contributed by atoms with E-state index >= 15 is 0 Å². The van der Waals surface area contributed by atoms with Crippen LogP contribution < -0.4 is 0 Å². The summed E-state index contributed by atoms with van der Waals surface area (Å²) in [6.45, 7) is 5.19. The van der Waals surface area contributed by atoms with E-state index in [0.29, 0.717) is 11.6 Å². The molecule has 1 aromatic heterocycles. The van der Waals surface area contributed by atoms with E-state index in [1.807, 2.05) is 6.92 Å². The van der Waals surface area contributed by atoms with Gasteiger partial charge in [0.2, 0.25) is 0 Å². The van der Waals surface area contributed by atoms with Crippen LogP contribution in [0.15, 0.2) is 0 Å². The number of carboxylic acid groups (broad SMARTS) is 1. The molecular formula is C10H15ClN2O2. The number of carbonyl (C=O) groups is 1. The molecule has 0 amide bonds. The van der Waals surface area contributed by atoms with Gasteiger partial charge in [0.25, 0.3) is 0 Å². The van der Waals surface area contributed by atoms with Gasteiger partial charge >= 0.3 is 5.97 Å². The van der Waals surface area contributed by atoms with Gasteiger partial charge in [-0.05, 0) is 27.2 Å². The number of carboxylic acids is 1. The van der Waals surface area contributed by atoms with Gasteiger partial charge in [0.1, 0.15) is 5.15 Å². The van der Waals surface area contributed by atoms with E-state index in [0.717, 1.165) is 11.3 Å². The molecule has 0 spiro atoms. The normalized spacial score (nSPS) is 11.8. The lowest BCUT2D eigenvalue weighted by molar-refractivity contribution is -0.146. The lowest BCUT2D eigenvalue weighted by atomic mass is 9.86. The summed E-state index contributed by atoms with van der Waals surface area (Å²) in [5.74, 6) is -0.832. The smallest absolute Gasteiger partial charge is 0.309 e. The zero-order chi connectivity index (χ0) is 11.8. The first-order valence-corrected chi connectivity index (χ1v) is 5.05. The molecule has 1 aromatic rings. The SMILES string of the molecule is Cc1nn(C)c(Cl)c1CC(C)(C)C(=O)O. The van der Waals surface area contributed by atoms with Gasteiger partial charge in [-0.3, -0.25) is 9.48 Å². The Morgan fingerprint density at radius 1 is 1.60 bits per heavy atom. The van der Waals surface area contributed by atoms with Crippen LogP contribution in [0.25, 0.3) is 0 Å². The Bertz CT molecular complexity index is 396. The number of halogens is 1. The molecule has 1 N–H and O–H groups in total. The Labute approximate surface area is 93.9 Å². The standard InChI is InChI=1S/C10H15ClN2O2/c1-6-7(8(11)13(4)12-6)5-10(2,3)9(14)15/h5H2,1-4H3,(H,14,15). The first-order valence-electron chi connectivity index (χ1n) is 4.67. The summed E-state index contributed by atoms with van der Waals surface area (Å²) in [7, 11) is 1.74. The van der Waals surface area contributed by atoms with Crippen LogP contribution >= 0.6 is 11.6 Å². The third-order valence-electron chi connectivity index (χ3n) is 2.47. The van der Waals surface area contributed by atoms with Crippen molar-refractivity contribution in [3.63, 3.8) is 0 Å². The van der Waals surface area contributed by atoms with E-state index in [1.165, 1.54) is 0 Å². The van der Waals surface area contributed by atoms with Crippen LogP contribution in [0, 0.1) is 12.3 Å². The van der Waals surface area contributed by atoms with Gasteiger partial charge < -0.3 is 5.11 Å². The van der Waals surface area contributed by atoms with Gasteiger partial charge in [-0.2, -0.15) is 5.10 Å². The fraction of sp³-hybridized carbons (Fsp3) is 0.600. The van der Waals surface area contributed by atoms with Crippen molar-refractivity contribution in [3.8, 4) is 0 Å². The van der Waals surface area contributed by atoms with Crippen LogP contribution in [-0.4, -0.2) is 20.9 Å². The molecule has 0 saturated heterocycles. The minimum atomic E-state index is -0.832. The monoisotopic (exact) mass is 230 g/mol. The van der Waals surface area contributed by atoms with Crippen molar-refractivity contribution >= 4 is 17.6 Å². The number of aliphatic carboxylic acids is 1. The summed E-state index contributed by atoms with van der Waals surface area (Å²) in [4.78, 5) is 11.0. The predicted octanol–water partition coefficient (Wildman–Crippen LogP) is 2.04. The molecule has 15 heavy (non-hydrogen) atoms. The van der Waals surface area contributed by atoms with Crippen LogP contribution in [0.1, 0.15) is 25.1 Å². The summed E-state index contributed by atoms with van der Waals surface area (Å²) in [6, 6.07) is 0. The summed E-state index contributed by atoms with van der Waals surface area (Å²) in [5, 5.41) is 13.7. The second kappa shape index (κ2) is 3.85. The highest BCUT2D eigenvalue weighted by Crippen LogP contribution is 2.28. The quantitative estimate of drug-likeness (QED) is 0.865. The third kappa shape index (κ3) is 2.31. The fourth-order valence-corrected chi connectivity index (χ4v) is 1.63. The molecule has 0 unspecified atom stereocenters. The van der Waals surface area contributed by atoms with Crippen LogP contribution in [0.4, 0.5) is 0 Å². The summed E-state index contributed by atoms with van der Waals surface area (Å²) >= 11 is 6.03. The van der Waals surface area contributed by atoms with Gasteiger partial charge in [0, 0.05) is 12.6 Å². The average molecular weight is 231 g/mol. The molecule has 1 heterocycles. The Hall–Kier alpha value is -1.03. The van der Waals surface area contributed by atoms with Gasteiger partial charge in [-0.15, -0.1) is 0 Å². The molecule has 0 fully saturated rings. The summed E-state index contributed by atoms with van der Waals surface area (Å²) in [5.41, 5.74) is 0.778. The van der Waals surface area contributed by atoms with E-state index in [-0.39, 0.29) is 0 Å². The highest BCUT2D eigenvalue weighted by molar-refractivity contribution is 6.30. The maximum Gasteiger partial charge on any atom is 0.309 e. The van der Waals surface area contributed by atoms with Crippen LogP contribution in [0.2, 0.25) is 5.15 Å². The Morgan fingerprint density at radius 2 is 2.13 bits per heavy atom. The van der Waals surface area contributed by atoms with Crippen molar-refractivity contribution in [2.24, 2.45) is 12.5 Å². The number of aromatic nitrogens is 2. The average Bonchev–Trinajstić information content (AvgIpc) is 2.32. The van der Waals surface area contributed by atoms with Crippen molar-refractivity contribution in [1.82, 2.24) is 9.78 Å². The van der Waals surface area contributed by atoms with Gasteiger partial charge in [0.15, 0.2) is 0 Å². The van der Waals surface area contributed by atoms with Crippen LogP contribution in [-0.2, 0) is 18.3 Å². The predicted molar refractivity (Wildman–Crippen MR) is 58.1 cm³/mol. The van der Waals surface area contributed by atoms with E-state index < -0.39 is 11.4 Å². The Balaban J connectivity index is 3.04. The second-order valence-corrected chi connectivity index (χ2v) is 4.70. The molecule has 0 radical (unpaired) electrons. The molecule has 0 aliphatic rings. The molecule has 4 nitrogen and oxygen atoms in total. The highest BCUT2D eigenvalue weighted by atomic mass is 35.5. The first kappa shape index (κ1) is 12.0. The second-order valence-electron chi connectivity index (χ2n) is 4.34. The zero-order valence-electron chi connectivity index (χ0n) is 9.33. The van der Waals surface area contributed by atoms with Gasteiger partial charge in [-0.25, -0.2) is 0 Å². The van der Waals surface area contributed by atoms with Crippen molar-refractivity contribution in [2.75, 3.05) is 0 Å². The number of aryl methyl sites for hydroxylation is 2. The molecule has 84 valence electrons. The van der Waals surface area contributed by atoms with Crippen molar-refractivity contribution in [2.45, 2.75) is 27.2 Å². The van der Waals surface area contributed by atoms with Crippen LogP contribution in [0.5, 0.6) is 0 Å². The minimum Gasteiger partial charge on any atom is -0.481 e. The minimum absolute atomic E-state index is 0.390. The Morgan fingerprint density at radius 3 is 2.47 bits per heavy atom. The Kier molecular flexibility index (Phi) is 3.09. The molecular weight excluding hydrogens is 216 g/mol. The number of hydrogen-bond donors (Lipinski definition) is 1. The highest BCUT2D eigenvalue weighted by Gasteiger charge is 2.30. The molecule has 0 aromatic carbocycles. The molecule has 0 atom stereocenters. The van der Waals surface area contributed by atoms with E-state index in [9.17, 15) is 4.79 Å². The lowest BCUT2D eigenvalue weighted by Crippen LogP contribution is -2.26. The van der Waals surface area contributed by atoms with E-state index in [1.54, 1.807) is 25.6 Å². The zero-order valence-corrected chi connectivity index (χ0v) is 10.1. The van der Waals surface area contributed by atoms with Crippen LogP contribution in [0.3, 0.4) is 0 Å². The molecule has 0 saturated carbocycles. The largest absolute Gasteiger partial charge is 0.481 e. The maximum absolute atomic E-state index is 11.0.